The van der Waals surface area contributed by atoms with Gasteiger partial charge in [-0.05, 0) is 80.5 Å². The minimum atomic E-state index is -0.0555. The number of hydrogen-bond donors (Lipinski definition) is 0. The van der Waals surface area contributed by atoms with Crippen molar-refractivity contribution >= 4 is 0 Å². The smallest absolute Gasteiger partial charge is 0.0692 e. The number of hydrogen-bond acceptors (Lipinski definition) is 1. The summed E-state index contributed by atoms with van der Waals surface area (Å²) in [5.41, 5.74) is -0.0555. The highest BCUT2D eigenvalue weighted by Gasteiger charge is 2.52. The molecule has 0 aliphatic heterocycles. The molecule has 4 saturated carbocycles. The van der Waals surface area contributed by atoms with Crippen molar-refractivity contribution in [2.45, 2.75) is 65.7 Å². The zero-order valence-electron chi connectivity index (χ0n) is 12.9. The Morgan fingerprint density at radius 3 is 1.84 bits per heavy atom. The van der Waals surface area contributed by atoms with Gasteiger partial charge in [-0.1, -0.05) is 20.8 Å². The molecule has 106 valence electrons. The molecule has 19 heavy (non-hydrogen) atoms. The molecule has 4 aliphatic rings. The van der Waals surface area contributed by atoms with Crippen molar-refractivity contribution in [1.29, 1.82) is 5.26 Å². The fourth-order valence-corrected chi connectivity index (χ4v) is 6.31. The van der Waals surface area contributed by atoms with Crippen LogP contribution in [0, 0.1) is 52.3 Å². The van der Waals surface area contributed by atoms with Crippen LogP contribution in [0.1, 0.15) is 65.7 Å². The van der Waals surface area contributed by atoms with Gasteiger partial charge in [0.25, 0.3) is 0 Å². The quantitative estimate of drug-likeness (QED) is 0.695. The average Bonchev–Trinajstić information content (AvgIpc) is 2.40. The van der Waals surface area contributed by atoms with Gasteiger partial charge in [0.15, 0.2) is 0 Å². The maximum absolute atomic E-state index is 9.75. The van der Waals surface area contributed by atoms with Crippen LogP contribution in [0.2, 0.25) is 0 Å². The van der Waals surface area contributed by atoms with Crippen molar-refractivity contribution in [3.05, 3.63) is 0 Å². The van der Waals surface area contributed by atoms with E-state index in [1.54, 1.807) is 0 Å². The second-order valence-corrected chi connectivity index (χ2v) is 7.77. The second kappa shape index (κ2) is 4.80. The standard InChI is InChI=1S/C18H29N/c1-4-18(5-2,11-19)12(3)17-15-7-13-6-14(9-15)10-16(17)8-13/h12-17H,4-10H2,1-3H3. The van der Waals surface area contributed by atoms with Crippen LogP contribution in [0.15, 0.2) is 0 Å². The van der Waals surface area contributed by atoms with Crippen LogP contribution in [0.5, 0.6) is 0 Å². The summed E-state index contributed by atoms with van der Waals surface area (Å²) in [7, 11) is 0. The Hall–Kier alpha value is -0.510. The lowest BCUT2D eigenvalue weighted by atomic mass is 9.47. The molecule has 0 aromatic heterocycles. The van der Waals surface area contributed by atoms with Crippen LogP contribution in [0.3, 0.4) is 0 Å². The lowest BCUT2D eigenvalue weighted by Gasteiger charge is -2.58. The first-order valence-corrected chi connectivity index (χ1v) is 8.54. The predicted octanol–water partition coefficient (Wildman–Crippen LogP) is 5.02. The summed E-state index contributed by atoms with van der Waals surface area (Å²) >= 11 is 0. The molecule has 0 spiro atoms. The van der Waals surface area contributed by atoms with Gasteiger partial charge in [-0.2, -0.15) is 5.26 Å². The maximum Gasteiger partial charge on any atom is 0.0692 e. The number of rotatable bonds is 4. The van der Waals surface area contributed by atoms with Gasteiger partial charge in [-0.15, -0.1) is 0 Å². The zero-order valence-corrected chi connectivity index (χ0v) is 12.9. The fraction of sp³-hybridized carbons (Fsp3) is 0.944. The molecule has 0 aromatic rings. The molecule has 1 atom stereocenters. The third-order valence-corrected chi connectivity index (χ3v) is 7.23. The molecule has 1 unspecified atom stereocenters. The molecule has 0 saturated heterocycles. The van der Waals surface area contributed by atoms with Crippen molar-refractivity contribution < 1.29 is 0 Å². The molecule has 1 heteroatoms. The van der Waals surface area contributed by atoms with Gasteiger partial charge in [0, 0.05) is 0 Å². The van der Waals surface area contributed by atoms with Gasteiger partial charge in [0.1, 0.15) is 0 Å². The molecule has 0 aromatic carbocycles. The Kier molecular flexibility index (Phi) is 3.40. The van der Waals surface area contributed by atoms with Crippen LogP contribution in [-0.2, 0) is 0 Å². The topological polar surface area (TPSA) is 23.8 Å². The first kappa shape index (κ1) is 13.5. The molecule has 4 aliphatic carbocycles. The predicted molar refractivity (Wildman–Crippen MR) is 78.3 cm³/mol. The summed E-state index contributed by atoms with van der Waals surface area (Å²) in [6.45, 7) is 6.85. The van der Waals surface area contributed by atoms with E-state index in [2.05, 4.69) is 26.8 Å². The summed E-state index contributed by atoms with van der Waals surface area (Å²) in [5, 5.41) is 9.75. The average molecular weight is 259 g/mol. The summed E-state index contributed by atoms with van der Waals surface area (Å²) in [4.78, 5) is 0. The highest BCUT2D eigenvalue weighted by Crippen LogP contribution is 2.60. The van der Waals surface area contributed by atoms with E-state index in [4.69, 9.17) is 0 Å². The molecule has 1 nitrogen and oxygen atoms in total. The zero-order chi connectivity index (χ0) is 13.6. The third kappa shape index (κ3) is 1.94. The van der Waals surface area contributed by atoms with Gasteiger partial charge in [-0.25, -0.2) is 0 Å². The number of nitrogens with zero attached hydrogens (tertiary/aromatic N) is 1. The Bertz CT molecular complexity index is 346. The van der Waals surface area contributed by atoms with Crippen molar-refractivity contribution in [3.8, 4) is 6.07 Å². The Labute approximate surface area is 118 Å². The first-order valence-electron chi connectivity index (χ1n) is 8.54. The van der Waals surface area contributed by atoms with Crippen LogP contribution in [0.4, 0.5) is 0 Å². The Balaban J connectivity index is 1.84. The van der Waals surface area contributed by atoms with Crippen molar-refractivity contribution in [2.75, 3.05) is 0 Å². The summed E-state index contributed by atoms with van der Waals surface area (Å²) < 4.78 is 0. The van der Waals surface area contributed by atoms with E-state index in [1.165, 1.54) is 32.1 Å². The van der Waals surface area contributed by atoms with Crippen LogP contribution < -0.4 is 0 Å². The van der Waals surface area contributed by atoms with Crippen molar-refractivity contribution in [1.82, 2.24) is 0 Å². The van der Waals surface area contributed by atoms with Gasteiger partial charge < -0.3 is 0 Å². The third-order valence-electron chi connectivity index (χ3n) is 7.23. The molecule has 0 radical (unpaired) electrons. The normalized spacial score (nSPS) is 42.1. The highest BCUT2D eigenvalue weighted by atomic mass is 14.6. The maximum atomic E-state index is 9.75. The van der Waals surface area contributed by atoms with Crippen molar-refractivity contribution in [2.24, 2.45) is 40.9 Å². The molecule has 4 fully saturated rings. The summed E-state index contributed by atoms with van der Waals surface area (Å²) in [6, 6.07) is 2.72. The lowest BCUT2D eigenvalue weighted by Crippen LogP contribution is -2.50. The molecule has 4 bridgehead atoms. The van der Waals surface area contributed by atoms with E-state index in [0.717, 1.165) is 42.4 Å². The van der Waals surface area contributed by atoms with Gasteiger partial charge in [0.2, 0.25) is 0 Å². The van der Waals surface area contributed by atoms with E-state index in [1.807, 2.05) is 0 Å². The van der Waals surface area contributed by atoms with Crippen LogP contribution >= 0.6 is 0 Å². The summed E-state index contributed by atoms with van der Waals surface area (Å²) in [5.74, 6) is 5.46. The monoisotopic (exact) mass is 259 g/mol. The van der Waals surface area contributed by atoms with Gasteiger partial charge >= 0.3 is 0 Å². The van der Waals surface area contributed by atoms with E-state index >= 15 is 0 Å². The van der Waals surface area contributed by atoms with Crippen molar-refractivity contribution in [3.63, 3.8) is 0 Å². The molecule has 0 amide bonds. The highest BCUT2D eigenvalue weighted by molar-refractivity contribution is 5.07. The number of nitriles is 1. The summed E-state index contributed by atoms with van der Waals surface area (Å²) in [6.07, 6.45) is 9.52. The first-order chi connectivity index (χ1) is 9.13. The second-order valence-electron chi connectivity index (χ2n) is 7.77. The van der Waals surface area contributed by atoms with Gasteiger partial charge in [-0.3, -0.25) is 0 Å². The van der Waals surface area contributed by atoms with E-state index in [0.29, 0.717) is 5.92 Å². The molecule has 4 rings (SSSR count). The molecular weight excluding hydrogens is 230 g/mol. The molecule has 0 heterocycles. The van der Waals surface area contributed by atoms with E-state index < -0.39 is 0 Å². The molecule has 0 N–H and O–H groups in total. The minimum absolute atomic E-state index is 0.0555. The Morgan fingerprint density at radius 1 is 1.00 bits per heavy atom. The fourth-order valence-electron chi connectivity index (χ4n) is 6.31. The van der Waals surface area contributed by atoms with E-state index in [-0.39, 0.29) is 5.41 Å². The Morgan fingerprint density at radius 2 is 1.47 bits per heavy atom. The van der Waals surface area contributed by atoms with Crippen LogP contribution in [0.25, 0.3) is 0 Å². The van der Waals surface area contributed by atoms with E-state index in [9.17, 15) is 5.26 Å². The minimum Gasteiger partial charge on any atom is -0.198 e. The SMILES string of the molecule is CCC(C#N)(CC)C(C)C1C2CC3CC(C2)CC1C3. The molecular formula is C18H29N. The largest absolute Gasteiger partial charge is 0.198 e. The van der Waals surface area contributed by atoms with Crippen LogP contribution in [-0.4, -0.2) is 0 Å². The van der Waals surface area contributed by atoms with Gasteiger partial charge in [0.05, 0.1) is 11.5 Å². The lowest BCUT2D eigenvalue weighted by molar-refractivity contribution is -0.0789.